The Hall–Kier alpha value is -1.83. The topological polar surface area (TPSA) is 20.3 Å². The summed E-state index contributed by atoms with van der Waals surface area (Å²) in [5.74, 6) is 0.105. The minimum Gasteiger partial charge on any atom is -0.335 e. The van der Waals surface area contributed by atoms with Gasteiger partial charge in [0.25, 0.3) is 0 Å². The van der Waals surface area contributed by atoms with E-state index in [0.29, 0.717) is 19.5 Å². The zero-order valence-electron chi connectivity index (χ0n) is 10.4. The Morgan fingerprint density at radius 1 is 1.18 bits per heavy atom. The minimum absolute atomic E-state index is 0.105. The van der Waals surface area contributed by atoms with Gasteiger partial charge in [-0.15, -0.1) is 13.2 Å². The van der Waals surface area contributed by atoms with Gasteiger partial charge in [0.1, 0.15) is 0 Å². The average molecular weight is 229 g/mol. The summed E-state index contributed by atoms with van der Waals surface area (Å²) in [6.45, 7) is 10.5. The lowest BCUT2D eigenvalue weighted by atomic mass is 10.1. The molecule has 0 radical (unpaired) electrons. The van der Waals surface area contributed by atoms with E-state index in [-0.39, 0.29) is 5.91 Å². The Bertz CT molecular complexity index is 382. The van der Waals surface area contributed by atoms with Crippen LogP contribution in [-0.4, -0.2) is 23.9 Å². The largest absolute Gasteiger partial charge is 0.335 e. The van der Waals surface area contributed by atoms with Gasteiger partial charge in [-0.25, -0.2) is 0 Å². The van der Waals surface area contributed by atoms with Crippen LogP contribution in [0.15, 0.2) is 49.6 Å². The first-order chi connectivity index (χ1) is 8.17. The summed E-state index contributed by atoms with van der Waals surface area (Å²) >= 11 is 0. The third kappa shape index (κ3) is 4.27. The van der Waals surface area contributed by atoms with Crippen molar-refractivity contribution in [2.45, 2.75) is 13.3 Å². The van der Waals surface area contributed by atoms with E-state index in [0.717, 1.165) is 5.56 Å². The molecule has 0 N–H and O–H groups in total. The highest BCUT2D eigenvalue weighted by molar-refractivity contribution is 5.79. The number of nitrogens with zero attached hydrogens (tertiary/aromatic N) is 1. The lowest BCUT2D eigenvalue weighted by molar-refractivity contribution is -0.129. The van der Waals surface area contributed by atoms with Crippen molar-refractivity contribution in [3.8, 4) is 0 Å². The van der Waals surface area contributed by atoms with Crippen LogP contribution in [0.5, 0.6) is 0 Å². The highest BCUT2D eigenvalue weighted by atomic mass is 16.2. The predicted octanol–water partition coefficient (Wildman–Crippen LogP) is 2.74. The summed E-state index contributed by atoms with van der Waals surface area (Å²) in [5, 5.41) is 0. The van der Waals surface area contributed by atoms with E-state index in [9.17, 15) is 4.79 Å². The number of carbonyl (C=O) groups is 1. The van der Waals surface area contributed by atoms with Crippen LogP contribution in [0.25, 0.3) is 0 Å². The van der Waals surface area contributed by atoms with Crippen LogP contribution in [0.4, 0.5) is 0 Å². The Balaban J connectivity index is 2.65. The third-order valence-corrected chi connectivity index (χ3v) is 2.53. The summed E-state index contributed by atoms with van der Waals surface area (Å²) in [7, 11) is 0. The average Bonchev–Trinajstić information content (AvgIpc) is 2.32. The molecule has 1 amide bonds. The van der Waals surface area contributed by atoms with Crippen molar-refractivity contribution < 1.29 is 4.79 Å². The lowest BCUT2D eigenvalue weighted by Crippen LogP contribution is -2.32. The van der Waals surface area contributed by atoms with E-state index in [1.807, 2.05) is 31.2 Å². The number of rotatable bonds is 6. The van der Waals surface area contributed by atoms with Crippen molar-refractivity contribution in [1.29, 1.82) is 0 Å². The van der Waals surface area contributed by atoms with Crippen molar-refractivity contribution in [3.05, 3.63) is 60.7 Å². The van der Waals surface area contributed by atoms with E-state index < -0.39 is 0 Å². The predicted molar refractivity (Wildman–Crippen MR) is 71.9 cm³/mol. The molecule has 90 valence electrons. The van der Waals surface area contributed by atoms with Gasteiger partial charge in [-0.3, -0.25) is 4.79 Å². The maximum absolute atomic E-state index is 12.0. The number of aryl methyl sites for hydroxylation is 1. The summed E-state index contributed by atoms with van der Waals surface area (Å²) in [6, 6.07) is 8.03. The smallest absolute Gasteiger partial charge is 0.227 e. The number of hydrogen-bond donors (Lipinski definition) is 0. The Morgan fingerprint density at radius 3 is 2.18 bits per heavy atom. The van der Waals surface area contributed by atoms with E-state index >= 15 is 0 Å². The molecule has 0 aliphatic carbocycles. The van der Waals surface area contributed by atoms with Crippen molar-refractivity contribution in [3.63, 3.8) is 0 Å². The Kier molecular flexibility index (Phi) is 5.21. The fourth-order valence-corrected chi connectivity index (χ4v) is 1.58. The van der Waals surface area contributed by atoms with Gasteiger partial charge in [0.2, 0.25) is 5.91 Å². The number of amides is 1. The molecule has 0 heterocycles. The SMILES string of the molecule is C=CCN(CC=C)C(=O)Cc1ccc(C)cc1. The van der Waals surface area contributed by atoms with E-state index in [2.05, 4.69) is 13.2 Å². The van der Waals surface area contributed by atoms with Crippen LogP contribution >= 0.6 is 0 Å². The molecule has 0 aliphatic heterocycles. The van der Waals surface area contributed by atoms with Crippen molar-refractivity contribution in [1.82, 2.24) is 4.90 Å². The molecule has 0 atom stereocenters. The molecule has 2 heteroatoms. The Morgan fingerprint density at radius 2 is 1.71 bits per heavy atom. The lowest BCUT2D eigenvalue weighted by Gasteiger charge is -2.19. The molecule has 1 rings (SSSR count). The molecule has 0 bridgehead atoms. The molecule has 0 aromatic heterocycles. The van der Waals surface area contributed by atoms with Gasteiger partial charge in [-0.2, -0.15) is 0 Å². The van der Waals surface area contributed by atoms with Crippen LogP contribution < -0.4 is 0 Å². The molecule has 1 aromatic rings. The Labute approximate surface area is 103 Å². The number of benzene rings is 1. The molecule has 0 aliphatic rings. The van der Waals surface area contributed by atoms with Crippen LogP contribution in [0.3, 0.4) is 0 Å². The second-order valence-corrected chi connectivity index (χ2v) is 4.04. The molecule has 0 saturated carbocycles. The summed E-state index contributed by atoms with van der Waals surface area (Å²) in [5.41, 5.74) is 2.24. The summed E-state index contributed by atoms with van der Waals surface area (Å²) in [6.07, 6.45) is 3.90. The molecule has 0 spiro atoms. The van der Waals surface area contributed by atoms with Crippen LogP contribution in [0, 0.1) is 6.92 Å². The minimum atomic E-state index is 0.105. The normalized spacial score (nSPS) is 9.71. The molecule has 2 nitrogen and oxygen atoms in total. The van der Waals surface area contributed by atoms with Gasteiger partial charge in [0.05, 0.1) is 6.42 Å². The van der Waals surface area contributed by atoms with E-state index in [1.165, 1.54) is 5.56 Å². The fraction of sp³-hybridized carbons (Fsp3) is 0.267. The first kappa shape index (κ1) is 13.2. The molecule has 1 aromatic carbocycles. The van der Waals surface area contributed by atoms with Crippen LogP contribution in [0.1, 0.15) is 11.1 Å². The van der Waals surface area contributed by atoms with Crippen molar-refractivity contribution >= 4 is 5.91 Å². The number of carbonyl (C=O) groups excluding carboxylic acids is 1. The summed E-state index contributed by atoms with van der Waals surface area (Å²) < 4.78 is 0. The van der Waals surface area contributed by atoms with Crippen LogP contribution in [-0.2, 0) is 11.2 Å². The molecule has 0 saturated heterocycles. The van der Waals surface area contributed by atoms with Gasteiger partial charge in [0, 0.05) is 13.1 Å². The van der Waals surface area contributed by atoms with Gasteiger partial charge in [-0.05, 0) is 12.5 Å². The second-order valence-electron chi connectivity index (χ2n) is 4.04. The van der Waals surface area contributed by atoms with Crippen molar-refractivity contribution in [2.75, 3.05) is 13.1 Å². The van der Waals surface area contributed by atoms with Gasteiger partial charge in [0.15, 0.2) is 0 Å². The van der Waals surface area contributed by atoms with E-state index in [4.69, 9.17) is 0 Å². The maximum atomic E-state index is 12.0. The molecule has 17 heavy (non-hydrogen) atoms. The summed E-state index contributed by atoms with van der Waals surface area (Å²) in [4.78, 5) is 13.7. The highest BCUT2D eigenvalue weighted by Gasteiger charge is 2.10. The number of hydrogen-bond acceptors (Lipinski definition) is 1. The highest BCUT2D eigenvalue weighted by Crippen LogP contribution is 2.06. The molecular weight excluding hydrogens is 210 g/mol. The van der Waals surface area contributed by atoms with Gasteiger partial charge >= 0.3 is 0 Å². The molecular formula is C15H19NO. The second kappa shape index (κ2) is 6.69. The van der Waals surface area contributed by atoms with Crippen LogP contribution in [0.2, 0.25) is 0 Å². The fourth-order valence-electron chi connectivity index (χ4n) is 1.58. The van der Waals surface area contributed by atoms with Gasteiger partial charge < -0.3 is 4.90 Å². The van der Waals surface area contributed by atoms with Gasteiger partial charge in [-0.1, -0.05) is 42.0 Å². The first-order valence-electron chi connectivity index (χ1n) is 5.72. The zero-order valence-corrected chi connectivity index (χ0v) is 10.4. The first-order valence-corrected chi connectivity index (χ1v) is 5.72. The maximum Gasteiger partial charge on any atom is 0.227 e. The monoisotopic (exact) mass is 229 g/mol. The molecule has 0 fully saturated rings. The quantitative estimate of drug-likeness (QED) is 0.687. The zero-order chi connectivity index (χ0) is 12.7. The standard InChI is InChI=1S/C15H19NO/c1-4-10-16(11-5-2)15(17)12-14-8-6-13(3)7-9-14/h4-9H,1-2,10-12H2,3H3. The van der Waals surface area contributed by atoms with E-state index in [1.54, 1.807) is 17.1 Å². The molecule has 0 unspecified atom stereocenters. The van der Waals surface area contributed by atoms with Crippen molar-refractivity contribution in [2.24, 2.45) is 0 Å². The third-order valence-electron chi connectivity index (χ3n) is 2.53.